The lowest BCUT2D eigenvalue weighted by molar-refractivity contribution is 0.407. The van der Waals surface area contributed by atoms with Crippen molar-refractivity contribution in [1.29, 1.82) is 0 Å². The molecule has 5 nitrogen and oxygen atoms in total. The van der Waals surface area contributed by atoms with Gasteiger partial charge in [-0.15, -0.1) is 0 Å². The molecule has 2 N–H and O–H groups in total. The Morgan fingerprint density at radius 3 is 2.39 bits per heavy atom. The quantitative estimate of drug-likeness (QED) is 0.842. The maximum Gasteiger partial charge on any atom is 0.258 e. The van der Waals surface area contributed by atoms with E-state index in [1.54, 1.807) is 12.3 Å². The summed E-state index contributed by atoms with van der Waals surface area (Å²) in [5.74, 6) is 0. The third kappa shape index (κ3) is 4.72. The number of aromatic nitrogens is 1. The van der Waals surface area contributed by atoms with Crippen molar-refractivity contribution in [1.82, 2.24) is 15.0 Å². The van der Waals surface area contributed by atoms with Crippen molar-refractivity contribution in [2.75, 3.05) is 13.6 Å². The van der Waals surface area contributed by atoms with E-state index in [2.05, 4.69) is 15.0 Å². The van der Waals surface area contributed by atoms with Crippen molar-refractivity contribution >= 4 is 10.0 Å². The summed E-state index contributed by atoms with van der Waals surface area (Å²) in [6.07, 6.45) is 1.57. The monoisotopic (exact) mass is 271 g/mol. The summed E-state index contributed by atoms with van der Waals surface area (Å²) in [4.78, 5) is 3.98. The summed E-state index contributed by atoms with van der Waals surface area (Å²) in [6, 6.07) is 3.28. The Bertz CT molecular complexity index is 475. The summed E-state index contributed by atoms with van der Waals surface area (Å²) in [6.45, 7) is 6.97. The van der Waals surface area contributed by atoms with Gasteiger partial charge in [0.25, 0.3) is 10.0 Å². The minimum Gasteiger partial charge on any atom is -0.316 e. The molecule has 0 aliphatic rings. The fourth-order valence-corrected chi connectivity index (χ4v) is 2.47. The molecule has 0 aliphatic heterocycles. The van der Waals surface area contributed by atoms with E-state index in [0.717, 1.165) is 5.56 Å². The first-order chi connectivity index (χ1) is 8.24. The fraction of sp³-hybridized carbons (Fsp3) is 0.583. The van der Waals surface area contributed by atoms with Gasteiger partial charge in [-0.3, -0.25) is 0 Å². The van der Waals surface area contributed by atoms with E-state index < -0.39 is 10.0 Å². The molecule has 1 aromatic rings. The van der Waals surface area contributed by atoms with Crippen LogP contribution in [0.5, 0.6) is 0 Å². The van der Waals surface area contributed by atoms with Gasteiger partial charge in [0, 0.05) is 19.3 Å². The lowest BCUT2D eigenvalue weighted by Crippen LogP contribution is -2.32. The Labute approximate surface area is 109 Å². The first kappa shape index (κ1) is 15.1. The van der Waals surface area contributed by atoms with E-state index in [1.165, 1.54) is 6.07 Å². The van der Waals surface area contributed by atoms with Crippen LogP contribution >= 0.6 is 0 Å². The average molecular weight is 271 g/mol. The van der Waals surface area contributed by atoms with Crippen LogP contribution in [0.4, 0.5) is 0 Å². The lowest BCUT2D eigenvalue weighted by atomic mass is 9.98. The highest BCUT2D eigenvalue weighted by Gasteiger charge is 2.19. The van der Waals surface area contributed by atoms with Crippen molar-refractivity contribution in [3.63, 3.8) is 0 Å². The number of rotatable bonds is 5. The zero-order valence-corrected chi connectivity index (χ0v) is 12.1. The van der Waals surface area contributed by atoms with Crippen molar-refractivity contribution in [3.8, 4) is 0 Å². The van der Waals surface area contributed by atoms with E-state index in [-0.39, 0.29) is 10.4 Å². The van der Waals surface area contributed by atoms with Crippen molar-refractivity contribution in [2.24, 2.45) is 5.41 Å². The highest BCUT2D eigenvalue weighted by atomic mass is 32.2. The number of nitrogens with one attached hydrogen (secondary N) is 2. The number of hydrogen-bond donors (Lipinski definition) is 2. The third-order valence-corrected chi connectivity index (χ3v) is 3.56. The van der Waals surface area contributed by atoms with Gasteiger partial charge in [0.2, 0.25) is 0 Å². The molecule has 0 amide bonds. The maximum absolute atomic E-state index is 12.0. The predicted molar refractivity (Wildman–Crippen MR) is 71.6 cm³/mol. The molecular weight excluding hydrogens is 250 g/mol. The van der Waals surface area contributed by atoms with Crippen molar-refractivity contribution in [2.45, 2.75) is 32.3 Å². The molecule has 0 fully saturated rings. The standard InChI is InChI=1S/C12H21N3O2S/c1-12(2,3)9-15-18(16,17)11-6-5-10(7-13-4)8-14-11/h5-6,8,13,15H,7,9H2,1-4H3. The van der Waals surface area contributed by atoms with Gasteiger partial charge in [-0.05, 0) is 24.1 Å². The van der Waals surface area contributed by atoms with E-state index in [9.17, 15) is 8.42 Å². The lowest BCUT2D eigenvalue weighted by Gasteiger charge is -2.18. The van der Waals surface area contributed by atoms with Gasteiger partial charge >= 0.3 is 0 Å². The minimum absolute atomic E-state index is 0.0617. The summed E-state index contributed by atoms with van der Waals surface area (Å²) in [5.41, 5.74) is 0.853. The van der Waals surface area contributed by atoms with Crippen LogP contribution in [0.15, 0.2) is 23.4 Å². The summed E-state index contributed by atoms with van der Waals surface area (Å²) in [7, 11) is -1.68. The second kappa shape index (κ2) is 5.77. The molecule has 0 bridgehead atoms. The summed E-state index contributed by atoms with van der Waals surface area (Å²) in [5, 5.41) is 3.04. The van der Waals surface area contributed by atoms with Gasteiger partial charge in [0.05, 0.1) is 0 Å². The number of nitrogens with zero attached hydrogens (tertiary/aromatic N) is 1. The predicted octanol–water partition coefficient (Wildman–Crippen LogP) is 1.13. The molecule has 18 heavy (non-hydrogen) atoms. The van der Waals surface area contributed by atoms with Crippen LogP contribution in [0.2, 0.25) is 0 Å². The topological polar surface area (TPSA) is 71.1 Å². The molecule has 0 saturated heterocycles. The maximum atomic E-state index is 12.0. The van der Waals surface area contributed by atoms with Gasteiger partial charge in [0.1, 0.15) is 0 Å². The van der Waals surface area contributed by atoms with Crippen LogP contribution in [-0.4, -0.2) is 27.0 Å². The van der Waals surface area contributed by atoms with E-state index in [0.29, 0.717) is 13.1 Å². The van der Waals surface area contributed by atoms with Crippen LogP contribution in [0.25, 0.3) is 0 Å². The second-order valence-corrected chi connectivity index (χ2v) is 7.13. The third-order valence-electron chi connectivity index (χ3n) is 2.25. The molecule has 6 heteroatoms. The molecule has 1 heterocycles. The largest absolute Gasteiger partial charge is 0.316 e. The van der Waals surface area contributed by atoms with Gasteiger partial charge in [-0.25, -0.2) is 18.1 Å². The van der Waals surface area contributed by atoms with Crippen LogP contribution < -0.4 is 10.0 Å². The Morgan fingerprint density at radius 1 is 1.28 bits per heavy atom. The van der Waals surface area contributed by atoms with Crippen LogP contribution in [-0.2, 0) is 16.6 Å². The zero-order chi connectivity index (χ0) is 13.8. The Balaban J connectivity index is 2.79. The summed E-state index contributed by atoms with van der Waals surface area (Å²) >= 11 is 0. The Kier molecular flexibility index (Phi) is 4.84. The molecule has 0 radical (unpaired) electrons. The first-order valence-electron chi connectivity index (χ1n) is 5.84. The van der Waals surface area contributed by atoms with Gasteiger partial charge in [-0.1, -0.05) is 26.8 Å². The fourth-order valence-electron chi connectivity index (χ4n) is 1.26. The van der Waals surface area contributed by atoms with Gasteiger partial charge < -0.3 is 5.32 Å². The normalized spacial score (nSPS) is 12.7. The average Bonchev–Trinajstić information content (AvgIpc) is 2.27. The van der Waals surface area contributed by atoms with Gasteiger partial charge in [-0.2, -0.15) is 0 Å². The number of pyridine rings is 1. The van der Waals surface area contributed by atoms with Gasteiger partial charge in [0.15, 0.2) is 5.03 Å². The molecule has 0 aromatic carbocycles. The van der Waals surface area contributed by atoms with Crippen LogP contribution in [0, 0.1) is 5.41 Å². The molecule has 0 atom stereocenters. The minimum atomic E-state index is -3.51. The SMILES string of the molecule is CNCc1ccc(S(=O)(=O)NCC(C)(C)C)nc1. The highest BCUT2D eigenvalue weighted by Crippen LogP contribution is 2.13. The van der Waals surface area contributed by atoms with Crippen molar-refractivity contribution in [3.05, 3.63) is 23.9 Å². The molecule has 0 unspecified atom stereocenters. The van der Waals surface area contributed by atoms with E-state index in [1.807, 2.05) is 27.8 Å². The molecule has 1 rings (SSSR count). The first-order valence-corrected chi connectivity index (χ1v) is 7.32. The van der Waals surface area contributed by atoms with E-state index in [4.69, 9.17) is 0 Å². The molecular formula is C12H21N3O2S. The van der Waals surface area contributed by atoms with Crippen LogP contribution in [0.1, 0.15) is 26.3 Å². The van der Waals surface area contributed by atoms with Crippen molar-refractivity contribution < 1.29 is 8.42 Å². The zero-order valence-electron chi connectivity index (χ0n) is 11.3. The van der Waals surface area contributed by atoms with Crippen LogP contribution in [0.3, 0.4) is 0 Å². The highest BCUT2D eigenvalue weighted by molar-refractivity contribution is 7.89. The Morgan fingerprint density at radius 2 is 1.94 bits per heavy atom. The van der Waals surface area contributed by atoms with E-state index >= 15 is 0 Å². The molecule has 0 spiro atoms. The Hall–Kier alpha value is -0.980. The number of sulfonamides is 1. The molecule has 0 aliphatic carbocycles. The molecule has 1 aromatic heterocycles. The molecule has 0 saturated carbocycles. The molecule has 102 valence electrons. The second-order valence-electron chi connectivity index (χ2n) is 5.42. The smallest absolute Gasteiger partial charge is 0.258 e. The number of hydrogen-bond acceptors (Lipinski definition) is 4. The summed E-state index contributed by atoms with van der Waals surface area (Å²) < 4.78 is 26.5.